The third kappa shape index (κ3) is 3.15. The smallest absolute Gasteiger partial charge is 0.243 e. The van der Waals surface area contributed by atoms with Crippen LogP contribution in [0.5, 0.6) is 0 Å². The van der Waals surface area contributed by atoms with Crippen LogP contribution in [-0.2, 0) is 10.0 Å². The molecular weight excluding hydrogens is 292 g/mol. The molecule has 2 unspecified atom stereocenters. The normalized spacial score (nSPS) is 26.5. The number of fused-ring (bicyclic) bond motifs is 1. The van der Waals surface area contributed by atoms with E-state index in [2.05, 4.69) is 25.0 Å². The monoisotopic (exact) mass is 312 g/mol. The minimum atomic E-state index is -3.58. The van der Waals surface area contributed by atoms with Crippen LogP contribution in [0.1, 0.15) is 25.7 Å². The van der Waals surface area contributed by atoms with Gasteiger partial charge >= 0.3 is 0 Å². The lowest BCUT2D eigenvalue weighted by atomic mass is 9.99. The van der Waals surface area contributed by atoms with Crippen LogP contribution in [0.4, 0.5) is 5.95 Å². The molecule has 116 valence electrons. The van der Waals surface area contributed by atoms with Crippen LogP contribution < -0.4 is 16.0 Å². The summed E-state index contributed by atoms with van der Waals surface area (Å²) >= 11 is 0. The minimum absolute atomic E-state index is 0.0124. The Morgan fingerprint density at radius 1 is 1.24 bits per heavy atom. The van der Waals surface area contributed by atoms with Gasteiger partial charge in [-0.05, 0) is 38.8 Å². The van der Waals surface area contributed by atoms with E-state index in [-0.39, 0.29) is 16.9 Å². The van der Waals surface area contributed by atoms with Crippen LogP contribution in [0.15, 0.2) is 17.3 Å². The number of aromatic nitrogens is 2. The van der Waals surface area contributed by atoms with Crippen LogP contribution in [0.3, 0.4) is 0 Å². The zero-order valence-corrected chi connectivity index (χ0v) is 12.5. The van der Waals surface area contributed by atoms with Crippen LogP contribution in [-0.4, -0.2) is 48.5 Å². The predicted molar refractivity (Wildman–Crippen MR) is 77.8 cm³/mol. The van der Waals surface area contributed by atoms with E-state index in [1.54, 1.807) is 0 Å². The molecule has 0 saturated carbocycles. The van der Waals surface area contributed by atoms with Gasteiger partial charge in [-0.25, -0.2) is 29.0 Å². The number of nitrogen functional groups attached to an aromatic ring is 1. The van der Waals surface area contributed by atoms with E-state index in [0.29, 0.717) is 6.04 Å². The topological polar surface area (TPSA) is 113 Å². The van der Waals surface area contributed by atoms with Crippen LogP contribution in [0.25, 0.3) is 0 Å². The van der Waals surface area contributed by atoms with E-state index < -0.39 is 10.0 Å². The molecule has 3 heterocycles. The second-order valence-electron chi connectivity index (χ2n) is 5.56. The van der Waals surface area contributed by atoms with Crippen molar-refractivity contribution >= 4 is 16.0 Å². The molecule has 1 aromatic rings. The van der Waals surface area contributed by atoms with Gasteiger partial charge in [-0.15, -0.1) is 0 Å². The van der Waals surface area contributed by atoms with Gasteiger partial charge in [0.15, 0.2) is 0 Å². The lowest BCUT2D eigenvalue weighted by Crippen LogP contribution is -2.47. The van der Waals surface area contributed by atoms with Gasteiger partial charge in [-0.1, -0.05) is 0 Å². The Morgan fingerprint density at radius 3 is 2.71 bits per heavy atom. The molecule has 0 aliphatic carbocycles. The van der Waals surface area contributed by atoms with Crippen LogP contribution in [0, 0.1) is 0 Å². The number of anilines is 1. The summed E-state index contributed by atoms with van der Waals surface area (Å²) in [6.07, 6.45) is 6.62. The van der Waals surface area contributed by atoms with Gasteiger partial charge in [0.2, 0.25) is 16.0 Å². The number of piperidine rings is 1. The Kier molecular flexibility index (Phi) is 4.07. The van der Waals surface area contributed by atoms with Gasteiger partial charge < -0.3 is 4.90 Å². The maximum Gasteiger partial charge on any atom is 0.243 e. The number of sulfonamides is 1. The SMILES string of the molecule is NNc1ncc(S(=O)(=O)NC2CCN3CCCC3C2)cn1. The Labute approximate surface area is 124 Å². The summed E-state index contributed by atoms with van der Waals surface area (Å²) in [5.41, 5.74) is 2.27. The zero-order valence-electron chi connectivity index (χ0n) is 11.7. The molecular formula is C12H20N6O2S. The standard InChI is InChI=1S/C12H20N6O2S/c13-16-12-14-7-11(8-15-12)21(19,20)17-9-3-5-18-4-1-2-10(18)6-9/h7-10,17H,1-6,13H2,(H,14,15,16). The highest BCUT2D eigenvalue weighted by Crippen LogP contribution is 2.27. The number of nitrogens with two attached hydrogens (primary N) is 1. The molecule has 2 aliphatic rings. The van der Waals surface area contributed by atoms with E-state index in [1.807, 2.05) is 0 Å². The van der Waals surface area contributed by atoms with Crippen molar-refractivity contribution in [1.29, 1.82) is 0 Å². The fourth-order valence-electron chi connectivity index (χ4n) is 3.15. The lowest BCUT2D eigenvalue weighted by Gasteiger charge is -2.34. The van der Waals surface area contributed by atoms with Gasteiger partial charge in [0.05, 0.1) is 12.4 Å². The van der Waals surface area contributed by atoms with Gasteiger partial charge in [0.25, 0.3) is 0 Å². The average molecular weight is 312 g/mol. The first kappa shape index (κ1) is 14.6. The third-order valence-corrected chi connectivity index (χ3v) is 5.68. The molecule has 0 aromatic carbocycles. The number of hydrogen-bond acceptors (Lipinski definition) is 7. The van der Waals surface area contributed by atoms with Crippen molar-refractivity contribution < 1.29 is 8.42 Å². The minimum Gasteiger partial charge on any atom is -0.300 e. The predicted octanol–water partition coefficient (Wildman–Crippen LogP) is -0.333. The van der Waals surface area contributed by atoms with E-state index >= 15 is 0 Å². The van der Waals surface area contributed by atoms with Crippen molar-refractivity contribution in [2.24, 2.45) is 5.84 Å². The summed E-state index contributed by atoms with van der Waals surface area (Å²) in [6.45, 7) is 2.11. The van der Waals surface area contributed by atoms with E-state index in [1.165, 1.54) is 18.8 Å². The summed E-state index contributed by atoms with van der Waals surface area (Å²) in [7, 11) is -3.58. The van der Waals surface area contributed by atoms with Gasteiger partial charge in [-0.2, -0.15) is 0 Å². The number of nitrogens with zero attached hydrogens (tertiary/aromatic N) is 3. The molecule has 0 amide bonds. The highest BCUT2D eigenvalue weighted by atomic mass is 32.2. The largest absolute Gasteiger partial charge is 0.300 e. The molecule has 2 fully saturated rings. The molecule has 9 heteroatoms. The van der Waals surface area contributed by atoms with Crippen molar-refractivity contribution in [3.05, 3.63) is 12.4 Å². The molecule has 8 nitrogen and oxygen atoms in total. The quantitative estimate of drug-likeness (QED) is 0.515. The molecule has 1 aromatic heterocycles. The highest BCUT2D eigenvalue weighted by molar-refractivity contribution is 7.89. The van der Waals surface area contributed by atoms with Crippen LogP contribution in [0.2, 0.25) is 0 Å². The molecule has 4 N–H and O–H groups in total. The average Bonchev–Trinajstić information content (AvgIpc) is 2.94. The van der Waals surface area contributed by atoms with E-state index in [9.17, 15) is 8.42 Å². The molecule has 2 saturated heterocycles. The fourth-order valence-corrected chi connectivity index (χ4v) is 4.32. The first-order valence-corrected chi connectivity index (χ1v) is 8.62. The molecule has 21 heavy (non-hydrogen) atoms. The zero-order chi connectivity index (χ0) is 14.9. The summed E-state index contributed by atoms with van der Waals surface area (Å²) < 4.78 is 27.4. The van der Waals surface area contributed by atoms with Gasteiger partial charge in [0, 0.05) is 12.1 Å². The number of hydrazine groups is 1. The second-order valence-corrected chi connectivity index (χ2v) is 7.28. The number of nitrogens with one attached hydrogen (secondary N) is 2. The Morgan fingerprint density at radius 2 is 2.00 bits per heavy atom. The number of hydrogen-bond donors (Lipinski definition) is 3. The molecule has 2 aliphatic heterocycles. The Hall–Kier alpha value is -1.29. The third-order valence-electron chi connectivity index (χ3n) is 4.21. The van der Waals surface area contributed by atoms with Crippen molar-refractivity contribution in [3.63, 3.8) is 0 Å². The van der Waals surface area contributed by atoms with Crippen molar-refractivity contribution in [3.8, 4) is 0 Å². The Bertz CT molecular complexity index is 590. The maximum atomic E-state index is 12.3. The van der Waals surface area contributed by atoms with Crippen molar-refractivity contribution in [2.45, 2.75) is 42.7 Å². The van der Waals surface area contributed by atoms with Gasteiger partial charge in [0.1, 0.15) is 4.90 Å². The van der Waals surface area contributed by atoms with E-state index in [4.69, 9.17) is 5.84 Å². The fraction of sp³-hybridized carbons (Fsp3) is 0.667. The molecule has 0 spiro atoms. The molecule has 0 radical (unpaired) electrons. The Balaban J connectivity index is 1.67. The first-order valence-electron chi connectivity index (χ1n) is 7.13. The highest BCUT2D eigenvalue weighted by Gasteiger charge is 2.33. The first-order chi connectivity index (χ1) is 10.1. The van der Waals surface area contributed by atoms with Crippen LogP contribution >= 0.6 is 0 Å². The molecule has 0 bridgehead atoms. The van der Waals surface area contributed by atoms with Crippen molar-refractivity contribution in [1.82, 2.24) is 19.6 Å². The maximum absolute atomic E-state index is 12.3. The number of rotatable bonds is 4. The summed E-state index contributed by atoms with van der Waals surface area (Å²) in [5, 5.41) is 0. The molecule has 3 rings (SSSR count). The van der Waals surface area contributed by atoms with Gasteiger partial charge in [-0.3, -0.25) is 5.43 Å². The summed E-state index contributed by atoms with van der Waals surface area (Å²) in [6, 6.07) is 0.508. The summed E-state index contributed by atoms with van der Waals surface area (Å²) in [5.74, 6) is 5.35. The lowest BCUT2D eigenvalue weighted by molar-refractivity contribution is 0.176. The summed E-state index contributed by atoms with van der Waals surface area (Å²) in [4.78, 5) is 10.2. The molecule has 2 atom stereocenters. The van der Waals surface area contributed by atoms with Crippen molar-refractivity contribution in [2.75, 3.05) is 18.5 Å². The second kappa shape index (κ2) is 5.84. The van der Waals surface area contributed by atoms with E-state index in [0.717, 1.165) is 32.4 Å².